The van der Waals surface area contributed by atoms with Crippen LogP contribution in [0.3, 0.4) is 0 Å². The van der Waals surface area contributed by atoms with Gasteiger partial charge in [0.05, 0.1) is 46.1 Å². The molecular formula is C45H61NO10Si. The van der Waals surface area contributed by atoms with Crippen LogP contribution in [0.1, 0.15) is 87.0 Å². The third kappa shape index (κ3) is 11.0. The van der Waals surface area contributed by atoms with E-state index >= 15 is 0 Å². The molecular weight excluding hydrogens is 743 g/mol. The van der Waals surface area contributed by atoms with Crippen LogP contribution in [0.2, 0.25) is 18.1 Å². The van der Waals surface area contributed by atoms with E-state index < -0.39 is 44.1 Å². The van der Waals surface area contributed by atoms with Gasteiger partial charge in [-0.25, -0.2) is 11.4 Å². The monoisotopic (exact) mass is 803 g/mol. The average molecular weight is 804 g/mol. The second-order valence-electron chi connectivity index (χ2n) is 17.0. The molecule has 3 aromatic rings. The maximum atomic E-state index is 14.1. The Morgan fingerprint density at radius 3 is 1.95 bits per heavy atom. The van der Waals surface area contributed by atoms with Crippen LogP contribution in [0.5, 0.6) is 23.0 Å². The highest BCUT2D eigenvalue weighted by Gasteiger charge is 2.52. The van der Waals surface area contributed by atoms with Crippen LogP contribution in [0.4, 0.5) is 0 Å². The number of aliphatic hydroxyl groups excluding tert-OH is 1. The average Bonchev–Trinajstić information content (AvgIpc) is 3.18. The zero-order valence-electron chi connectivity index (χ0n) is 35.7. The number of ether oxygens (including phenoxy) is 6. The molecule has 1 N–H and O–H groups in total. The van der Waals surface area contributed by atoms with Crippen LogP contribution in [0.25, 0.3) is 4.85 Å². The van der Waals surface area contributed by atoms with Crippen LogP contribution in [-0.4, -0.2) is 71.0 Å². The highest BCUT2D eigenvalue weighted by atomic mass is 28.4. The van der Waals surface area contributed by atoms with Gasteiger partial charge in [-0.1, -0.05) is 65.8 Å². The minimum absolute atomic E-state index is 0.0152. The SMILES string of the molecule is [C-]#[N+][C@@H]1C[C@@H](O[Si](C)(C)C(C)(C)C)C(C)(C)C(CC(=O)[C@@H](C)C(O)Cc2c(C)c(OCc3ccc(OC)cc3)cc(OCc3ccc(OC)cc3)c2C(=O)OC)O1. The second kappa shape index (κ2) is 18.9. The predicted molar refractivity (Wildman–Crippen MR) is 221 cm³/mol. The van der Waals surface area contributed by atoms with Crippen molar-refractivity contribution in [3.63, 3.8) is 0 Å². The zero-order chi connectivity index (χ0) is 42.3. The maximum absolute atomic E-state index is 14.1. The van der Waals surface area contributed by atoms with E-state index in [1.807, 2.05) is 69.3 Å². The molecule has 0 aromatic heterocycles. The van der Waals surface area contributed by atoms with E-state index in [9.17, 15) is 14.7 Å². The summed E-state index contributed by atoms with van der Waals surface area (Å²) in [6, 6.07) is 16.5. The number of rotatable bonds is 17. The molecule has 1 saturated heterocycles. The normalized spacial score (nSPS) is 19.1. The first kappa shape index (κ1) is 45.3. The van der Waals surface area contributed by atoms with Crippen molar-refractivity contribution in [2.75, 3.05) is 21.3 Å². The summed E-state index contributed by atoms with van der Waals surface area (Å²) in [5, 5.41) is 11.8. The molecule has 1 aliphatic rings. The third-order valence-electron chi connectivity index (χ3n) is 11.8. The summed E-state index contributed by atoms with van der Waals surface area (Å²) in [5.41, 5.74) is 2.31. The van der Waals surface area contributed by atoms with Gasteiger partial charge in [-0.3, -0.25) is 9.64 Å². The smallest absolute Gasteiger partial charge is 0.341 e. The molecule has 2 unspecified atom stereocenters. The van der Waals surface area contributed by atoms with Gasteiger partial charge in [-0.2, -0.15) is 0 Å². The van der Waals surface area contributed by atoms with E-state index in [4.69, 9.17) is 39.4 Å². The zero-order valence-corrected chi connectivity index (χ0v) is 36.7. The minimum Gasteiger partial charge on any atom is -0.497 e. The number of aliphatic hydroxyl groups is 1. The quantitative estimate of drug-likeness (QED) is 0.0804. The van der Waals surface area contributed by atoms with Crippen molar-refractivity contribution in [2.24, 2.45) is 11.3 Å². The van der Waals surface area contributed by atoms with Crippen molar-refractivity contribution in [1.82, 2.24) is 0 Å². The van der Waals surface area contributed by atoms with Crippen molar-refractivity contribution in [1.29, 1.82) is 0 Å². The molecule has 3 aromatic carbocycles. The number of Topliss-reactive ketones (excluding diaryl/α,β-unsaturated/α-hetero) is 1. The molecule has 1 fully saturated rings. The Hall–Kier alpha value is -4.41. The summed E-state index contributed by atoms with van der Waals surface area (Å²) in [7, 11) is 2.26. The summed E-state index contributed by atoms with van der Waals surface area (Å²) in [6.07, 6.45) is -2.51. The Balaban J connectivity index is 1.65. The number of carbonyl (C=O) groups is 2. The molecule has 0 amide bonds. The Morgan fingerprint density at radius 2 is 1.47 bits per heavy atom. The minimum atomic E-state index is -2.22. The Morgan fingerprint density at radius 1 is 0.947 bits per heavy atom. The van der Waals surface area contributed by atoms with Crippen molar-refractivity contribution >= 4 is 20.1 Å². The van der Waals surface area contributed by atoms with Gasteiger partial charge in [0.25, 0.3) is 0 Å². The fourth-order valence-corrected chi connectivity index (χ4v) is 8.07. The van der Waals surface area contributed by atoms with Gasteiger partial charge in [0.2, 0.25) is 0 Å². The molecule has 1 heterocycles. The Bertz CT molecular complexity index is 1880. The van der Waals surface area contributed by atoms with E-state index in [0.717, 1.165) is 16.9 Å². The first-order valence-corrected chi connectivity index (χ1v) is 22.3. The first-order chi connectivity index (χ1) is 26.8. The molecule has 0 bridgehead atoms. The summed E-state index contributed by atoms with van der Waals surface area (Å²) in [6.45, 7) is 26.6. The van der Waals surface area contributed by atoms with Crippen LogP contribution in [-0.2, 0) is 38.3 Å². The number of ketones is 1. The lowest BCUT2D eigenvalue weighted by molar-refractivity contribution is -0.165. The van der Waals surface area contributed by atoms with Crippen LogP contribution >= 0.6 is 0 Å². The maximum Gasteiger partial charge on any atom is 0.341 e. The predicted octanol–water partition coefficient (Wildman–Crippen LogP) is 8.91. The lowest BCUT2D eigenvalue weighted by Gasteiger charge is -2.49. The topological polar surface area (TPSA) is 123 Å². The molecule has 0 aliphatic carbocycles. The molecule has 12 heteroatoms. The summed E-state index contributed by atoms with van der Waals surface area (Å²) in [5.74, 6) is 0.343. The lowest BCUT2D eigenvalue weighted by Crippen LogP contribution is -2.56. The highest BCUT2D eigenvalue weighted by Crippen LogP contribution is 2.46. The molecule has 0 saturated carbocycles. The standard InChI is InChI=1S/C45H61NO10Si/c1-28-34(22-35(47)29(2)36(48)23-39-45(6,7)40(25-41(46-8)55-39)56-57(12,13)44(3,4)5)42(43(49)52-11)38(54-27-31-16-20-33(51-10)21-17-31)24-37(28)53-26-30-14-18-32(50-9)19-15-30/h14-21,24,29,35,39-41,47H,22-23,25-27H2,1-7,9-13H3/t29-,35?,39?,40+,41-/m0/s1. The number of nitrogens with zero attached hydrogens (tertiary/aromatic N) is 1. The highest BCUT2D eigenvalue weighted by molar-refractivity contribution is 6.74. The van der Waals surface area contributed by atoms with Crippen LogP contribution in [0.15, 0.2) is 54.6 Å². The van der Waals surface area contributed by atoms with E-state index in [1.165, 1.54) is 7.11 Å². The fourth-order valence-electron chi connectivity index (χ4n) is 6.61. The number of carbonyl (C=O) groups excluding carboxylic acids is 2. The summed E-state index contributed by atoms with van der Waals surface area (Å²) < 4.78 is 41.6. The molecule has 4 rings (SSSR count). The van der Waals surface area contributed by atoms with Crippen molar-refractivity contribution in [2.45, 2.75) is 124 Å². The van der Waals surface area contributed by atoms with Crippen LogP contribution in [0, 0.1) is 24.8 Å². The second-order valence-corrected chi connectivity index (χ2v) is 21.7. The van der Waals surface area contributed by atoms with Gasteiger partial charge in [-0.05, 0) is 71.6 Å². The number of esters is 1. The van der Waals surface area contributed by atoms with E-state index in [-0.39, 0.29) is 54.3 Å². The largest absolute Gasteiger partial charge is 0.497 e. The van der Waals surface area contributed by atoms with Crippen molar-refractivity contribution in [3.8, 4) is 23.0 Å². The first-order valence-electron chi connectivity index (χ1n) is 19.4. The number of hydrogen-bond donors (Lipinski definition) is 1. The van der Waals surface area contributed by atoms with Crippen LogP contribution < -0.4 is 18.9 Å². The van der Waals surface area contributed by atoms with Gasteiger partial charge < -0.3 is 38.0 Å². The molecule has 1 aliphatic heterocycles. The van der Waals surface area contributed by atoms with Gasteiger partial charge in [0.1, 0.15) is 47.6 Å². The van der Waals surface area contributed by atoms with Gasteiger partial charge in [-0.15, -0.1) is 0 Å². The van der Waals surface area contributed by atoms with Gasteiger partial charge in [0, 0.05) is 30.2 Å². The molecule has 5 atom stereocenters. The molecule has 0 spiro atoms. The third-order valence-corrected chi connectivity index (χ3v) is 16.3. The molecule has 0 radical (unpaired) electrons. The lowest BCUT2D eigenvalue weighted by atomic mass is 9.74. The Kier molecular flexibility index (Phi) is 15.0. The number of hydrogen-bond acceptors (Lipinski definition) is 10. The van der Waals surface area contributed by atoms with E-state index in [2.05, 4.69) is 38.7 Å². The number of benzene rings is 3. The summed E-state index contributed by atoms with van der Waals surface area (Å²) >= 11 is 0. The summed E-state index contributed by atoms with van der Waals surface area (Å²) in [4.78, 5) is 31.3. The molecule has 11 nitrogen and oxygen atoms in total. The van der Waals surface area contributed by atoms with Gasteiger partial charge in [0.15, 0.2) is 8.32 Å². The molecule has 57 heavy (non-hydrogen) atoms. The Labute approximate surface area is 339 Å². The molecule has 310 valence electrons. The van der Waals surface area contributed by atoms with E-state index in [1.54, 1.807) is 27.2 Å². The van der Waals surface area contributed by atoms with Crippen molar-refractivity contribution < 1.29 is 47.5 Å². The number of methoxy groups -OCH3 is 3. The van der Waals surface area contributed by atoms with E-state index in [0.29, 0.717) is 29.0 Å². The van der Waals surface area contributed by atoms with Crippen molar-refractivity contribution in [3.05, 3.63) is 93.8 Å². The fraction of sp³-hybridized carbons (Fsp3) is 0.533. The van der Waals surface area contributed by atoms with Gasteiger partial charge >= 0.3 is 12.2 Å².